The molecule has 0 N–H and O–H groups in total. The summed E-state index contributed by atoms with van der Waals surface area (Å²) in [7, 11) is 0. The van der Waals surface area contributed by atoms with Crippen LogP contribution in [-0.4, -0.2) is 57.3 Å². The minimum absolute atomic E-state index is 0.146. The average Bonchev–Trinajstić information content (AvgIpc) is 3.46. The van der Waals surface area contributed by atoms with E-state index in [1.54, 1.807) is 6.20 Å². The number of carbonyl (C=O) groups is 2. The van der Waals surface area contributed by atoms with Crippen LogP contribution in [0.5, 0.6) is 0 Å². The first kappa shape index (κ1) is 19.7. The summed E-state index contributed by atoms with van der Waals surface area (Å²) in [6, 6.07) is 10.3. The number of aryl methyl sites for hydroxylation is 2. The molecule has 0 bridgehead atoms. The molecule has 2 saturated heterocycles. The number of imidazole rings is 1. The number of carbonyl (C=O) groups excluding carboxylic acids is 2. The predicted octanol–water partition coefficient (Wildman–Crippen LogP) is 2.53. The fourth-order valence-electron chi connectivity index (χ4n) is 4.71. The van der Waals surface area contributed by atoms with Crippen molar-refractivity contribution in [3.05, 3.63) is 54.1 Å². The van der Waals surface area contributed by atoms with Crippen LogP contribution in [0.2, 0.25) is 0 Å². The summed E-state index contributed by atoms with van der Waals surface area (Å²) >= 11 is 0. The lowest BCUT2D eigenvalue weighted by Gasteiger charge is -2.24. The van der Waals surface area contributed by atoms with Gasteiger partial charge in [0.1, 0.15) is 5.82 Å². The molecule has 6 heteroatoms. The minimum atomic E-state index is -0.351. The number of likely N-dealkylation sites (tertiary alicyclic amines) is 2. The topological polar surface area (TPSA) is 58.4 Å². The van der Waals surface area contributed by atoms with Crippen molar-refractivity contribution in [3.63, 3.8) is 0 Å². The Morgan fingerprint density at radius 1 is 1.14 bits per heavy atom. The molecule has 1 spiro atoms. The van der Waals surface area contributed by atoms with Crippen LogP contribution < -0.4 is 0 Å². The van der Waals surface area contributed by atoms with E-state index in [2.05, 4.69) is 28.6 Å². The second-order valence-electron chi connectivity index (χ2n) is 8.26. The van der Waals surface area contributed by atoms with E-state index >= 15 is 0 Å². The van der Waals surface area contributed by atoms with E-state index in [1.165, 1.54) is 5.56 Å². The zero-order valence-corrected chi connectivity index (χ0v) is 17.2. The maximum Gasteiger partial charge on any atom is 0.230 e. The van der Waals surface area contributed by atoms with Gasteiger partial charge in [-0.15, -0.1) is 0 Å². The van der Waals surface area contributed by atoms with Crippen molar-refractivity contribution in [2.24, 2.45) is 5.41 Å². The number of aromatic nitrogens is 2. The molecule has 1 aromatic heterocycles. The normalized spacial score (nSPS) is 21.5. The zero-order valence-electron chi connectivity index (χ0n) is 17.2. The van der Waals surface area contributed by atoms with E-state index in [1.807, 2.05) is 34.2 Å². The second kappa shape index (κ2) is 8.39. The second-order valence-corrected chi connectivity index (χ2v) is 8.26. The van der Waals surface area contributed by atoms with E-state index < -0.39 is 0 Å². The highest BCUT2D eigenvalue weighted by atomic mass is 16.2. The van der Waals surface area contributed by atoms with Gasteiger partial charge in [0.25, 0.3) is 0 Å². The summed E-state index contributed by atoms with van der Waals surface area (Å²) in [6.07, 6.45) is 7.59. The zero-order chi connectivity index (χ0) is 20.3. The number of benzene rings is 1. The van der Waals surface area contributed by atoms with Crippen molar-refractivity contribution in [3.8, 4) is 0 Å². The van der Waals surface area contributed by atoms with Gasteiger partial charge in [0.15, 0.2) is 0 Å². The first-order chi connectivity index (χ1) is 14.1. The maximum absolute atomic E-state index is 13.1. The Bertz CT molecular complexity index is 863. The van der Waals surface area contributed by atoms with Crippen molar-refractivity contribution < 1.29 is 9.59 Å². The fourth-order valence-corrected chi connectivity index (χ4v) is 4.71. The lowest BCUT2D eigenvalue weighted by Crippen LogP contribution is -2.39. The smallest absolute Gasteiger partial charge is 0.230 e. The van der Waals surface area contributed by atoms with Crippen LogP contribution in [0.3, 0.4) is 0 Å². The van der Waals surface area contributed by atoms with Gasteiger partial charge in [-0.3, -0.25) is 9.59 Å². The molecular formula is C23H30N4O2. The first-order valence-electron chi connectivity index (χ1n) is 10.7. The summed E-state index contributed by atoms with van der Waals surface area (Å²) in [4.78, 5) is 34.1. The van der Waals surface area contributed by atoms with Gasteiger partial charge < -0.3 is 14.4 Å². The first-order valence-corrected chi connectivity index (χ1v) is 10.7. The number of hydrogen-bond donors (Lipinski definition) is 0. The maximum atomic E-state index is 13.1. The summed E-state index contributed by atoms with van der Waals surface area (Å²) in [5.41, 5.74) is 0.908. The highest BCUT2D eigenvalue weighted by Crippen LogP contribution is 2.40. The van der Waals surface area contributed by atoms with Crippen molar-refractivity contribution in [1.82, 2.24) is 19.4 Å². The number of nitrogens with zero attached hydrogens (tertiary/aromatic N) is 4. The largest absolute Gasteiger partial charge is 0.342 e. The van der Waals surface area contributed by atoms with Crippen LogP contribution in [0.4, 0.5) is 0 Å². The molecule has 2 amide bonds. The lowest BCUT2D eigenvalue weighted by atomic mass is 9.85. The summed E-state index contributed by atoms with van der Waals surface area (Å²) in [5, 5.41) is 0. The minimum Gasteiger partial charge on any atom is -0.342 e. The third-order valence-corrected chi connectivity index (χ3v) is 6.51. The van der Waals surface area contributed by atoms with E-state index in [0.29, 0.717) is 26.1 Å². The molecule has 2 aliphatic heterocycles. The Hall–Kier alpha value is -2.63. The molecular weight excluding hydrogens is 364 g/mol. The molecule has 2 aromatic rings. The molecule has 4 rings (SSSR count). The lowest BCUT2D eigenvalue weighted by molar-refractivity contribution is -0.136. The third kappa shape index (κ3) is 4.07. The van der Waals surface area contributed by atoms with Crippen LogP contribution in [0, 0.1) is 5.41 Å². The van der Waals surface area contributed by atoms with Crippen molar-refractivity contribution in [2.45, 2.75) is 45.6 Å². The summed E-state index contributed by atoms with van der Waals surface area (Å²) < 4.78 is 2.05. The van der Waals surface area contributed by atoms with Gasteiger partial charge in [-0.2, -0.15) is 0 Å². The molecule has 3 heterocycles. The van der Waals surface area contributed by atoms with Gasteiger partial charge in [-0.25, -0.2) is 4.98 Å². The van der Waals surface area contributed by atoms with Gasteiger partial charge in [0.05, 0.1) is 5.41 Å². The molecule has 0 saturated carbocycles. The molecule has 1 aromatic carbocycles. The van der Waals surface area contributed by atoms with Crippen LogP contribution in [-0.2, 0) is 29.0 Å². The highest BCUT2D eigenvalue weighted by molar-refractivity contribution is 5.87. The van der Waals surface area contributed by atoms with Crippen molar-refractivity contribution >= 4 is 11.8 Å². The SMILES string of the molecule is CCc1nccn1CCC(=O)N1CCC2(CCN(CCc3ccccc3)C2=O)C1. The quantitative estimate of drug-likeness (QED) is 0.725. The molecule has 2 aliphatic rings. The Kier molecular flexibility index (Phi) is 5.69. The number of rotatable bonds is 7. The molecule has 2 fully saturated rings. The molecule has 29 heavy (non-hydrogen) atoms. The molecule has 0 radical (unpaired) electrons. The van der Waals surface area contributed by atoms with E-state index in [0.717, 1.165) is 44.6 Å². The van der Waals surface area contributed by atoms with Gasteiger partial charge in [0.2, 0.25) is 11.8 Å². The van der Waals surface area contributed by atoms with Gasteiger partial charge in [-0.1, -0.05) is 37.3 Å². The fraction of sp³-hybridized carbons (Fsp3) is 0.522. The van der Waals surface area contributed by atoms with Gasteiger partial charge >= 0.3 is 0 Å². The van der Waals surface area contributed by atoms with Crippen molar-refractivity contribution in [1.29, 1.82) is 0 Å². The third-order valence-electron chi connectivity index (χ3n) is 6.51. The van der Waals surface area contributed by atoms with E-state index in [-0.39, 0.29) is 17.2 Å². The summed E-state index contributed by atoms with van der Waals surface area (Å²) in [5.74, 6) is 1.40. The van der Waals surface area contributed by atoms with Crippen LogP contribution >= 0.6 is 0 Å². The molecule has 154 valence electrons. The summed E-state index contributed by atoms with van der Waals surface area (Å²) in [6.45, 7) is 5.57. The Morgan fingerprint density at radius 2 is 1.93 bits per heavy atom. The Morgan fingerprint density at radius 3 is 2.72 bits per heavy atom. The number of amides is 2. The Labute approximate surface area is 172 Å². The van der Waals surface area contributed by atoms with Gasteiger partial charge in [0, 0.05) is 58.0 Å². The van der Waals surface area contributed by atoms with Crippen molar-refractivity contribution in [2.75, 3.05) is 26.2 Å². The standard InChI is InChI=1S/C23H30N4O2/c1-2-20-24-12-17-25(20)14-9-21(28)27-16-11-23(18-27)10-15-26(22(23)29)13-8-19-6-4-3-5-7-19/h3-7,12,17H,2,8-11,13-16,18H2,1H3. The van der Waals surface area contributed by atoms with Crippen LogP contribution in [0.1, 0.15) is 37.6 Å². The highest BCUT2D eigenvalue weighted by Gasteiger charge is 2.51. The molecule has 0 aliphatic carbocycles. The van der Waals surface area contributed by atoms with Gasteiger partial charge in [-0.05, 0) is 24.8 Å². The average molecular weight is 395 g/mol. The molecule has 6 nitrogen and oxygen atoms in total. The number of hydrogen-bond acceptors (Lipinski definition) is 3. The predicted molar refractivity (Wildman–Crippen MR) is 111 cm³/mol. The van der Waals surface area contributed by atoms with E-state index in [9.17, 15) is 9.59 Å². The Balaban J connectivity index is 1.30. The molecule has 1 unspecified atom stereocenters. The molecule has 1 atom stereocenters. The van der Waals surface area contributed by atoms with Crippen LogP contribution in [0.25, 0.3) is 0 Å². The van der Waals surface area contributed by atoms with E-state index in [4.69, 9.17) is 0 Å². The monoisotopic (exact) mass is 394 g/mol. The van der Waals surface area contributed by atoms with Crippen LogP contribution in [0.15, 0.2) is 42.7 Å².